The van der Waals surface area contributed by atoms with Crippen molar-refractivity contribution in [1.82, 2.24) is 0 Å². The number of furan rings is 1. The van der Waals surface area contributed by atoms with Gasteiger partial charge in [0.05, 0.1) is 5.02 Å². The molecule has 3 aromatic carbocycles. The summed E-state index contributed by atoms with van der Waals surface area (Å²) in [5.41, 5.74) is 2.44. The van der Waals surface area contributed by atoms with E-state index in [1.165, 1.54) is 0 Å². The molecule has 0 bridgehead atoms. The van der Waals surface area contributed by atoms with Crippen LogP contribution >= 0.6 is 23.2 Å². The Hall–Kier alpha value is -2.29. The van der Waals surface area contributed by atoms with Crippen molar-refractivity contribution in [2.45, 2.75) is 0 Å². The highest BCUT2D eigenvalue weighted by Crippen LogP contribution is 2.30. The van der Waals surface area contributed by atoms with Crippen LogP contribution in [0.15, 0.2) is 65.1 Å². The second kappa shape index (κ2) is 5.41. The van der Waals surface area contributed by atoms with Crippen LogP contribution < -0.4 is 0 Å². The molecule has 0 aliphatic rings. The molecule has 112 valence electrons. The third kappa shape index (κ3) is 2.40. The number of fused-ring (bicyclic) bond motifs is 3. The molecule has 0 radical (unpaired) electrons. The van der Waals surface area contributed by atoms with Crippen molar-refractivity contribution in [2.75, 3.05) is 0 Å². The minimum atomic E-state index is -0.158. The summed E-state index contributed by atoms with van der Waals surface area (Å²) < 4.78 is 5.82. The van der Waals surface area contributed by atoms with Gasteiger partial charge in [-0.25, -0.2) is 0 Å². The molecule has 0 aliphatic heterocycles. The van der Waals surface area contributed by atoms with E-state index in [-0.39, 0.29) is 5.78 Å². The molecule has 4 rings (SSSR count). The van der Waals surface area contributed by atoms with Gasteiger partial charge in [-0.3, -0.25) is 4.79 Å². The summed E-state index contributed by atoms with van der Waals surface area (Å²) in [4.78, 5) is 12.7. The second-order valence-electron chi connectivity index (χ2n) is 5.26. The number of ketones is 1. The lowest BCUT2D eigenvalue weighted by molar-refractivity contribution is 0.103. The second-order valence-corrected chi connectivity index (χ2v) is 6.11. The Bertz CT molecular complexity index is 1060. The van der Waals surface area contributed by atoms with E-state index in [1.54, 1.807) is 30.3 Å². The van der Waals surface area contributed by atoms with E-state index in [9.17, 15) is 4.79 Å². The van der Waals surface area contributed by atoms with E-state index in [0.717, 1.165) is 16.4 Å². The molecule has 0 N–H and O–H groups in total. The highest BCUT2D eigenvalue weighted by atomic mass is 35.5. The molecule has 23 heavy (non-hydrogen) atoms. The monoisotopic (exact) mass is 340 g/mol. The van der Waals surface area contributed by atoms with E-state index in [2.05, 4.69) is 0 Å². The maximum absolute atomic E-state index is 12.7. The summed E-state index contributed by atoms with van der Waals surface area (Å²) in [5, 5.41) is 2.86. The Kier molecular flexibility index (Phi) is 3.37. The lowest BCUT2D eigenvalue weighted by Gasteiger charge is -2.04. The summed E-state index contributed by atoms with van der Waals surface area (Å²) in [6, 6.07) is 18.1. The van der Waals surface area contributed by atoms with Crippen molar-refractivity contribution in [3.63, 3.8) is 0 Å². The van der Waals surface area contributed by atoms with Crippen LogP contribution in [0.25, 0.3) is 21.9 Å². The van der Waals surface area contributed by atoms with Crippen molar-refractivity contribution in [3.05, 3.63) is 81.8 Å². The lowest BCUT2D eigenvalue weighted by atomic mass is 10.0. The van der Waals surface area contributed by atoms with Crippen molar-refractivity contribution in [3.8, 4) is 0 Å². The Balaban J connectivity index is 1.85. The lowest BCUT2D eigenvalue weighted by Crippen LogP contribution is -2.01. The molecule has 0 saturated heterocycles. The number of carbonyl (C=O) groups is 1. The van der Waals surface area contributed by atoms with Crippen molar-refractivity contribution >= 4 is 50.9 Å². The molecule has 4 heteroatoms. The quantitative estimate of drug-likeness (QED) is 0.411. The molecular formula is C19H10Cl2O2. The molecule has 1 aromatic heterocycles. The van der Waals surface area contributed by atoms with E-state index in [1.807, 2.05) is 30.3 Å². The minimum Gasteiger partial charge on any atom is -0.456 e. The number of halogens is 2. The van der Waals surface area contributed by atoms with E-state index in [4.69, 9.17) is 27.6 Å². The highest BCUT2D eigenvalue weighted by molar-refractivity contribution is 6.37. The third-order valence-electron chi connectivity index (χ3n) is 3.82. The number of para-hydroxylation sites is 1. The van der Waals surface area contributed by atoms with Crippen LogP contribution in [0.1, 0.15) is 15.9 Å². The SMILES string of the molecule is O=C(c1ccc2c(c1)oc1ccccc12)c1ccc(Cl)cc1Cl. The molecule has 0 fully saturated rings. The van der Waals surface area contributed by atoms with E-state index < -0.39 is 0 Å². The smallest absolute Gasteiger partial charge is 0.194 e. The summed E-state index contributed by atoms with van der Waals surface area (Å²) in [6.45, 7) is 0. The predicted octanol–water partition coefficient (Wildman–Crippen LogP) is 6.12. The Morgan fingerprint density at radius 1 is 0.826 bits per heavy atom. The maximum Gasteiger partial charge on any atom is 0.194 e. The molecule has 0 spiro atoms. The van der Waals surface area contributed by atoms with Crippen LogP contribution in [0.2, 0.25) is 10.0 Å². The zero-order valence-corrected chi connectivity index (χ0v) is 13.4. The normalized spacial score (nSPS) is 11.2. The van der Waals surface area contributed by atoms with Gasteiger partial charge in [0.2, 0.25) is 0 Å². The minimum absolute atomic E-state index is 0.158. The molecule has 0 amide bonds. The zero-order valence-electron chi connectivity index (χ0n) is 11.8. The first kappa shape index (κ1) is 14.3. The van der Waals surface area contributed by atoms with Crippen LogP contribution in [0.4, 0.5) is 0 Å². The Morgan fingerprint density at radius 2 is 1.61 bits per heavy atom. The van der Waals surface area contributed by atoms with Crippen LogP contribution in [-0.2, 0) is 0 Å². The molecule has 4 aromatic rings. The number of carbonyl (C=O) groups excluding carboxylic acids is 1. The number of rotatable bonds is 2. The third-order valence-corrected chi connectivity index (χ3v) is 4.36. The van der Waals surface area contributed by atoms with Crippen molar-refractivity contribution < 1.29 is 9.21 Å². The average Bonchev–Trinajstić information content (AvgIpc) is 2.92. The van der Waals surface area contributed by atoms with Gasteiger partial charge in [-0.1, -0.05) is 47.5 Å². The van der Waals surface area contributed by atoms with Crippen LogP contribution in [0.3, 0.4) is 0 Å². The number of hydrogen-bond acceptors (Lipinski definition) is 2. The highest BCUT2D eigenvalue weighted by Gasteiger charge is 2.15. The molecule has 2 nitrogen and oxygen atoms in total. The van der Waals surface area contributed by atoms with Gasteiger partial charge in [-0.05, 0) is 36.4 Å². The largest absolute Gasteiger partial charge is 0.456 e. The van der Waals surface area contributed by atoms with Gasteiger partial charge in [-0.2, -0.15) is 0 Å². The summed E-state index contributed by atoms with van der Waals surface area (Å²) in [7, 11) is 0. The standard InChI is InChI=1S/C19H10Cl2O2/c20-12-6-8-15(16(21)10-12)19(22)11-5-7-14-13-3-1-2-4-17(13)23-18(14)9-11/h1-10H. The van der Waals surface area contributed by atoms with Gasteiger partial charge in [0.25, 0.3) is 0 Å². The zero-order chi connectivity index (χ0) is 16.0. The summed E-state index contributed by atoms with van der Waals surface area (Å²) in [5.74, 6) is -0.158. The van der Waals surface area contributed by atoms with Crippen molar-refractivity contribution in [1.29, 1.82) is 0 Å². The fourth-order valence-electron chi connectivity index (χ4n) is 2.70. The average molecular weight is 341 g/mol. The van der Waals surface area contributed by atoms with Crippen LogP contribution in [0.5, 0.6) is 0 Å². The molecular weight excluding hydrogens is 331 g/mol. The number of benzene rings is 3. The van der Waals surface area contributed by atoms with Gasteiger partial charge in [-0.15, -0.1) is 0 Å². The molecule has 0 aliphatic carbocycles. The molecule has 0 unspecified atom stereocenters. The summed E-state index contributed by atoms with van der Waals surface area (Å²) >= 11 is 12.0. The fourth-order valence-corrected chi connectivity index (χ4v) is 3.19. The van der Waals surface area contributed by atoms with Crippen LogP contribution in [0, 0.1) is 0 Å². The van der Waals surface area contributed by atoms with E-state index in [0.29, 0.717) is 26.8 Å². The molecule has 0 saturated carbocycles. The van der Waals surface area contributed by atoms with E-state index >= 15 is 0 Å². The van der Waals surface area contributed by atoms with Gasteiger partial charge in [0.15, 0.2) is 5.78 Å². The molecule has 0 atom stereocenters. The van der Waals surface area contributed by atoms with Crippen LogP contribution in [-0.4, -0.2) is 5.78 Å². The maximum atomic E-state index is 12.7. The van der Waals surface area contributed by atoms with Crippen molar-refractivity contribution in [2.24, 2.45) is 0 Å². The first-order valence-corrected chi connectivity index (χ1v) is 7.80. The topological polar surface area (TPSA) is 30.2 Å². The van der Waals surface area contributed by atoms with Gasteiger partial charge in [0, 0.05) is 26.9 Å². The first-order chi connectivity index (χ1) is 11.1. The van der Waals surface area contributed by atoms with Gasteiger partial charge in [0.1, 0.15) is 11.2 Å². The Morgan fingerprint density at radius 3 is 2.43 bits per heavy atom. The Labute approximate surface area is 142 Å². The summed E-state index contributed by atoms with van der Waals surface area (Å²) in [6.07, 6.45) is 0. The first-order valence-electron chi connectivity index (χ1n) is 7.04. The predicted molar refractivity (Wildman–Crippen MR) is 93.6 cm³/mol. The fraction of sp³-hybridized carbons (Fsp3) is 0. The molecule has 1 heterocycles. The number of hydrogen-bond donors (Lipinski definition) is 0. The van der Waals surface area contributed by atoms with Gasteiger partial charge >= 0.3 is 0 Å². The van der Waals surface area contributed by atoms with Gasteiger partial charge < -0.3 is 4.42 Å².